The van der Waals surface area contributed by atoms with E-state index in [4.69, 9.17) is 11.6 Å². The summed E-state index contributed by atoms with van der Waals surface area (Å²) >= 11 is 9.40. The third-order valence-corrected chi connectivity index (χ3v) is 4.20. The van der Waals surface area contributed by atoms with Crippen LogP contribution in [-0.2, 0) is 0 Å². The highest BCUT2D eigenvalue weighted by atomic mass is 79.9. The van der Waals surface area contributed by atoms with Gasteiger partial charge in [-0.1, -0.05) is 23.7 Å². The summed E-state index contributed by atoms with van der Waals surface area (Å²) < 4.78 is 15.1. The first kappa shape index (κ1) is 15.9. The summed E-state index contributed by atoms with van der Waals surface area (Å²) in [5, 5.41) is 0.309. The summed E-state index contributed by atoms with van der Waals surface area (Å²) in [7, 11) is 0. The fourth-order valence-electron chi connectivity index (χ4n) is 2.15. The van der Waals surface area contributed by atoms with Crippen molar-refractivity contribution in [2.24, 2.45) is 0 Å². The number of nitrogens with zero attached hydrogens (tertiary/aromatic N) is 2. The third kappa shape index (κ3) is 3.35. The summed E-state index contributed by atoms with van der Waals surface area (Å²) in [6.07, 6.45) is 3.36. The predicted molar refractivity (Wildman–Crippen MR) is 94.0 cm³/mol. The molecule has 2 aromatic heterocycles. The van der Waals surface area contributed by atoms with Gasteiger partial charge in [-0.3, -0.25) is 9.20 Å². The number of hydrogen-bond donors (Lipinski definition) is 0. The number of pyridine rings is 1. The van der Waals surface area contributed by atoms with E-state index in [1.54, 1.807) is 30.5 Å². The zero-order valence-corrected chi connectivity index (χ0v) is 14.4. The minimum atomic E-state index is -0.351. The van der Waals surface area contributed by atoms with Gasteiger partial charge in [0, 0.05) is 12.3 Å². The van der Waals surface area contributed by atoms with Gasteiger partial charge >= 0.3 is 0 Å². The van der Waals surface area contributed by atoms with E-state index in [0.717, 1.165) is 5.56 Å². The molecule has 0 aliphatic rings. The minimum Gasteiger partial charge on any atom is -0.269 e. The minimum absolute atomic E-state index is 0.208. The van der Waals surface area contributed by atoms with Crippen molar-refractivity contribution in [2.45, 2.75) is 6.92 Å². The molecule has 0 atom stereocenters. The van der Waals surface area contributed by atoms with Crippen LogP contribution in [0.1, 0.15) is 16.8 Å². The third-order valence-electron chi connectivity index (χ3n) is 3.29. The van der Waals surface area contributed by atoms with E-state index in [2.05, 4.69) is 20.9 Å². The van der Waals surface area contributed by atoms with Gasteiger partial charge in [0.25, 0.3) is 5.56 Å². The quantitative estimate of drug-likeness (QED) is 0.635. The van der Waals surface area contributed by atoms with Crippen LogP contribution in [0.25, 0.3) is 16.8 Å². The fraction of sp³-hybridized carbons (Fsp3) is 0.0588. The van der Waals surface area contributed by atoms with Gasteiger partial charge in [-0.15, -0.1) is 0 Å². The Kier molecular flexibility index (Phi) is 4.33. The molecule has 3 rings (SSSR count). The Morgan fingerprint density at radius 2 is 2.09 bits per heavy atom. The first-order chi connectivity index (χ1) is 10.9. The van der Waals surface area contributed by atoms with E-state index in [-0.39, 0.29) is 11.4 Å². The van der Waals surface area contributed by atoms with E-state index in [1.807, 2.05) is 13.0 Å². The summed E-state index contributed by atoms with van der Waals surface area (Å²) in [4.78, 5) is 16.6. The van der Waals surface area contributed by atoms with Gasteiger partial charge in [0.15, 0.2) is 0 Å². The van der Waals surface area contributed by atoms with Crippen LogP contribution in [0.2, 0.25) is 0 Å². The number of fused-ring (bicyclic) bond motifs is 1. The van der Waals surface area contributed by atoms with E-state index in [0.29, 0.717) is 26.4 Å². The molecule has 116 valence electrons. The maximum Gasteiger partial charge on any atom is 0.258 e. The van der Waals surface area contributed by atoms with Crippen molar-refractivity contribution < 1.29 is 4.39 Å². The second kappa shape index (κ2) is 6.26. The van der Waals surface area contributed by atoms with Gasteiger partial charge in [-0.2, -0.15) is 0 Å². The second-order valence-electron chi connectivity index (χ2n) is 5.08. The molecule has 6 heteroatoms. The molecule has 0 unspecified atom stereocenters. The molecular formula is C17H11BrClFN2O. The van der Waals surface area contributed by atoms with Crippen molar-refractivity contribution in [3.63, 3.8) is 0 Å². The Balaban J connectivity index is 2.08. The van der Waals surface area contributed by atoms with Crippen molar-refractivity contribution in [2.75, 3.05) is 0 Å². The lowest BCUT2D eigenvalue weighted by Gasteiger charge is -2.05. The predicted octanol–water partition coefficient (Wildman–Crippen LogP) is 4.64. The highest BCUT2D eigenvalue weighted by Gasteiger charge is 2.07. The first-order valence-corrected chi connectivity index (χ1v) is 7.94. The van der Waals surface area contributed by atoms with E-state index < -0.39 is 0 Å². The van der Waals surface area contributed by atoms with Gasteiger partial charge in [-0.25, -0.2) is 9.37 Å². The summed E-state index contributed by atoms with van der Waals surface area (Å²) in [5.41, 5.74) is 2.35. The average Bonchev–Trinajstić information content (AvgIpc) is 2.51. The molecule has 3 aromatic rings. The molecule has 0 bridgehead atoms. The van der Waals surface area contributed by atoms with Crippen LogP contribution in [0.5, 0.6) is 0 Å². The number of aromatic nitrogens is 2. The van der Waals surface area contributed by atoms with E-state index in [1.165, 1.54) is 16.5 Å². The van der Waals surface area contributed by atoms with Gasteiger partial charge in [0.2, 0.25) is 0 Å². The fourth-order valence-corrected chi connectivity index (χ4v) is 2.77. The second-order valence-corrected chi connectivity index (χ2v) is 6.34. The molecule has 0 aliphatic carbocycles. The molecule has 0 spiro atoms. The van der Waals surface area contributed by atoms with Crippen LogP contribution in [-0.4, -0.2) is 9.38 Å². The van der Waals surface area contributed by atoms with Crippen molar-refractivity contribution in [1.29, 1.82) is 0 Å². The lowest BCUT2D eigenvalue weighted by atomic mass is 10.2. The molecule has 0 amide bonds. The number of benzene rings is 1. The molecule has 1 aromatic carbocycles. The molecule has 0 N–H and O–H groups in total. The van der Waals surface area contributed by atoms with Gasteiger partial charge in [0.1, 0.15) is 11.5 Å². The Bertz CT molecular complexity index is 998. The number of rotatable bonds is 2. The monoisotopic (exact) mass is 392 g/mol. The highest BCUT2D eigenvalue weighted by molar-refractivity contribution is 9.10. The van der Waals surface area contributed by atoms with Crippen LogP contribution in [0.15, 0.2) is 51.9 Å². The molecule has 23 heavy (non-hydrogen) atoms. The SMILES string of the molecule is Cc1ccc2nc(/C(Cl)=C/c3ccc(F)c(Br)c3)cc(=O)n2c1. The van der Waals surface area contributed by atoms with Crippen LogP contribution in [0, 0.1) is 12.7 Å². The topological polar surface area (TPSA) is 34.4 Å². The van der Waals surface area contributed by atoms with Crippen molar-refractivity contribution in [1.82, 2.24) is 9.38 Å². The Morgan fingerprint density at radius 1 is 1.30 bits per heavy atom. The largest absolute Gasteiger partial charge is 0.269 e. The van der Waals surface area contributed by atoms with Gasteiger partial charge in [0.05, 0.1) is 15.2 Å². The van der Waals surface area contributed by atoms with Gasteiger partial charge in [-0.05, 0) is 58.3 Å². The standard InChI is InChI=1S/C17H11BrClFN2O/c1-10-2-5-16-21-15(8-17(23)22(16)9-10)13(19)7-11-3-4-14(20)12(18)6-11/h2-9H,1H3/b13-7-. The molecule has 3 nitrogen and oxygen atoms in total. The smallest absolute Gasteiger partial charge is 0.258 e. The van der Waals surface area contributed by atoms with Crippen molar-refractivity contribution in [3.05, 3.63) is 80.1 Å². The molecule has 0 saturated heterocycles. The zero-order valence-electron chi connectivity index (χ0n) is 12.1. The van der Waals surface area contributed by atoms with Crippen LogP contribution in [0.4, 0.5) is 4.39 Å². The number of halogens is 3. The van der Waals surface area contributed by atoms with Crippen LogP contribution < -0.4 is 5.56 Å². The number of aryl methyl sites for hydroxylation is 1. The lowest BCUT2D eigenvalue weighted by molar-refractivity contribution is 0.621. The Hall–Kier alpha value is -1.98. The maximum absolute atomic E-state index is 13.3. The molecule has 0 radical (unpaired) electrons. The van der Waals surface area contributed by atoms with Crippen LogP contribution >= 0.6 is 27.5 Å². The van der Waals surface area contributed by atoms with Crippen molar-refractivity contribution in [3.8, 4) is 0 Å². The van der Waals surface area contributed by atoms with Crippen molar-refractivity contribution >= 4 is 44.3 Å². The van der Waals surface area contributed by atoms with E-state index in [9.17, 15) is 9.18 Å². The molecular weight excluding hydrogens is 383 g/mol. The summed E-state index contributed by atoms with van der Waals surface area (Å²) in [5.74, 6) is -0.351. The molecule has 2 heterocycles. The first-order valence-electron chi connectivity index (χ1n) is 6.77. The highest BCUT2D eigenvalue weighted by Crippen LogP contribution is 2.23. The van der Waals surface area contributed by atoms with Crippen LogP contribution in [0.3, 0.4) is 0 Å². The Morgan fingerprint density at radius 3 is 2.83 bits per heavy atom. The normalized spacial score (nSPS) is 11.9. The summed E-state index contributed by atoms with van der Waals surface area (Å²) in [6, 6.07) is 9.56. The Labute approximate surface area is 145 Å². The molecule has 0 saturated carbocycles. The average molecular weight is 394 g/mol. The molecule has 0 aliphatic heterocycles. The van der Waals surface area contributed by atoms with E-state index >= 15 is 0 Å². The zero-order chi connectivity index (χ0) is 16.6. The summed E-state index contributed by atoms with van der Waals surface area (Å²) in [6.45, 7) is 1.90. The number of hydrogen-bond acceptors (Lipinski definition) is 2. The lowest BCUT2D eigenvalue weighted by Crippen LogP contribution is -2.15. The molecule has 0 fully saturated rings. The maximum atomic E-state index is 13.3. The van der Waals surface area contributed by atoms with Gasteiger partial charge < -0.3 is 0 Å².